The van der Waals surface area contributed by atoms with Gasteiger partial charge in [-0.1, -0.05) is 6.08 Å². The van der Waals surface area contributed by atoms with Crippen molar-refractivity contribution in [2.24, 2.45) is 0 Å². The Morgan fingerprint density at radius 1 is 1.60 bits per heavy atom. The van der Waals surface area contributed by atoms with Crippen molar-refractivity contribution in [3.05, 3.63) is 35.4 Å². The molecule has 0 bridgehead atoms. The predicted octanol–water partition coefficient (Wildman–Crippen LogP) is 3.23. The molecule has 2 aromatic heterocycles. The van der Waals surface area contributed by atoms with E-state index in [1.165, 1.54) is 11.3 Å². The van der Waals surface area contributed by atoms with E-state index in [0.29, 0.717) is 17.1 Å². The van der Waals surface area contributed by atoms with E-state index in [1.54, 1.807) is 18.1 Å². The van der Waals surface area contributed by atoms with E-state index in [0.717, 1.165) is 28.6 Å². The number of fused-ring (bicyclic) bond motifs is 1. The zero-order valence-electron chi connectivity index (χ0n) is 11.8. The average Bonchev–Trinajstić information content (AvgIpc) is 2.76. The molecule has 2 heterocycles. The number of pyridine rings is 1. The molecule has 0 spiro atoms. The highest BCUT2D eigenvalue weighted by molar-refractivity contribution is 7.21. The van der Waals surface area contributed by atoms with Crippen molar-refractivity contribution in [1.29, 1.82) is 0 Å². The van der Waals surface area contributed by atoms with Crippen molar-refractivity contribution in [3.63, 3.8) is 0 Å². The summed E-state index contributed by atoms with van der Waals surface area (Å²) in [5, 5.41) is 0.903. The number of allylic oxidation sites excluding steroid dienone is 1. The van der Waals surface area contributed by atoms with Crippen LogP contribution in [-0.4, -0.2) is 29.4 Å². The fraction of sp³-hybridized carbons (Fsp3) is 0.333. The van der Waals surface area contributed by atoms with Crippen molar-refractivity contribution in [2.45, 2.75) is 19.8 Å². The number of carbonyl (C=O) groups excluding carboxylic acids is 1. The van der Waals surface area contributed by atoms with Crippen LogP contribution in [0.2, 0.25) is 0 Å². The maximum absolute atomic E-state index is 12.4. The molecule has 2 aromatic rings. The minimum absolute atomic E-state index is 0.0334. The van der Waals surface area contributed by atoms with Crippen LogP contribution in [0.1, 0.15) is 28.1 Å². The van der Waals surface area contributed by atoms with Crippen LogP contribution in [0.25, 0.3) is 10.2 Å². The molecule has 0 atom stereocenters. The van der Waals surface area contributed by atoms with Gasteiger partial charge >= 0.3 is 0 Å². The molecule has 4 nitrogen and oxygen atoms in total. The summed E-state index contributed by atoms with van der Waals surface area (Å²) in [5.74, 6) is -0.0334. The maximum Gasteiger partial charge on any atom is 0.265 e. The summed E-state index contributed by atoms with van der Waals surface area (Å²) in [4.78, 5) is 19.9. The zero-order valence-corrected chi connectivity index (χ0v) is 12.7. The summed E-state index contributed by atoms with van der Waals surface area (Å²) in [6, 6.07) is 1.91. The Kier molecular flexibility index (Phi) is 4.39. The quantitative estimate of drug-likeness (QED) is 0.679. The van der Waals surface area contributed by atoms with Gasteiger partial charge in [0.05, 0.1) is 5.69 Å². The summed E-state index contributed by atoms with van der Waals surface area (Å²) in [5.41, 5.74) is 7.74. The first-order chi connectivity index (χ1) is 9.56. The SMILES string of the molecule is C=CCCCN(C)C(=O)c1sc2nccc(C)c2c1N. The van der Waals surface area contributed by atoms with Crippen molar-refractivity contribution in [1.82, 2.24) is 9.88 Å². The molecule has 20 heavy (non-hydrogen) atoms. The molecule has 0 fully saturated rings. The largest absolute Gasteiger partial charge is 0.397 e. The standard InChI is InChI=1S/C15H19N3OS/c1-4-5-6-9-18(3)15(19)13-12(16)11-10(2)7-8-17-14(11)20-13/h4,7-8H,1,5-6,9,16H2,2-3H3. The van der Waals surface area contributed by atoms with Gasteiger partial charge in [-0.05, 0) is 31.4 Å². The monoisotopic (exact) mass is 289 g/mol. The van der Waals surface area contributed by atoms with Crippen LogP contribution in [0, 0.1) is 6.92 Å². The number of carbonyl (C=O) groups is 1. The molecule has 0 saturated carbocycles. The second-order valence-electron chi connectivity index (χ2n) is 4.81. The van der Waals surface area contributed by atoms with Crippen LogP contribution in [0.3, 0.4) is 0 Å². The maximum atomic E-state index is 12.4. The number of aromatic nitrogens is 1. The van der Waals surface area contributed by atoms with E-state index in [-0.39, 0.29) is 5.91 Å². The number of nitrogen functional groups attached to an aromatic ring is 1. The number of aryl methyl sites for hydroxylation is 1. The van der Waals surface area contributed by atoms with Gasteiger partial charge in [0, 0.05) is 25.2 Å². The van der Waals surface area contributed by atoms with Gasteiger partial charge in [-0.3, -0.25) is 4.79 Å². The predicted molar refractivity (Wildman–Crippen MR) is 85.2 cm³/mol. The van der Waals surface area contributed by atoms with Crippen LogP contribution in [0.5, 0.6) is 0 Å². The summed E-state index contributed by atoms with van der Waals surface area (Å²) in [7, 11) is 1.80. The highest BCUT2D eigenvalue weighted by atomic mass is 32.1. The van der Waals surface area contributed by atoms with Gasteiger partial charge in [0.1, 0.15) is 9.71 Å². The smallest absolute Gasteiger partial charge is 0.265 e. The number of unbranched alkanes of at least 4 members (excludes halogenated alkanes) is 1. The lowest BCUT2D eigenvalue weighted by Gasteiger charge is -2.16. The fourth-order valence-corrected chi connectivity index (χ4v) is 3.25. The number of rotatable bonds is 5. The van der Waals surface area contributed by atoms with Crippen molar-refractivity contribution < 1.29 is 4.79 Å². The van der Waals surface area contributed by atoms with Gasteiger partial charge in [0.2, 0.25) is 0 Å². The second-order valence-corrected chi connectivity index (χ2v) is 5.81. The first-order valence-electron chi connectivity index (χ1n) is 6.56. The lowest BCUT2D eigenvalue weighted by molar-refractivity contribution is 0.0799. The number of amides is 1. The number of hydrogen-bond acceptors (Lipinski definition) is 4. The van der Waals surface area contributed by atoms with Crippen LogP contribution in [0.4, 0.5) is 5.69 Å². The number of thiophene rings is 1. The van der Waals surface area contributed by atoms with Crippen LogP contribution in [0.15, 0.2) is 24.9 Å². The third kappa shape index (κ3) is 2.67. The first kappa shape index (κ1) is 14.5. The van der Waals surface area contributed by atoms with E-state index < -0.39 is 0 Å². The average molecular weight is 289 g/mol. The fourth-order valence-electron chi connectivity index (χ4n) is 2.11. The number of nitrogens with two attached hydrogens (primary N) is 1. The third-order valence-corrected chi connectivity index (χ3v) is 4.38. The molecule has 0 aliphatic carbocycles. The molecule has 0 radical (unpaired) electrons. The number of nitrogens with zero attached hydrogens (tertiary/aromatic N) is 2. The normalized spacial score (nSPS) is 10.7. The third-order valence-electron chi connectivity index (χ3n) is 3.28. The Labute approximate surface area is 122 Å². The van der Waals surface area contributed by atoms with E-state index in [1.807, 2.05) is 19.1 Å². The molecule has 5 heteroatoms. The lowest BCUT2D eigenvalue weighted by Crippen LogP contribution is -2.27. The molecule has 0 saturated heterocycles. The second kappa shape index (κ2) is 6.05. The van der Waals surface area contributed by atoms with Gasteiger partial charge in [0.15, 0.2) is 0 Å². The van der Waals surface area contributed by atoms with E-state index in [9.17, 15) is 4.79 Å². The molecule has 2 rings (SSSR count). The molecule has 1 amide bonds. The van der Waals surface area contributed by atoms with Gasteiger partial charge in [-0.25, -0.2) is 4.98 Å². The van der Waals surface area contributed by atoms with Crippen LogP contribution < -0.4 is 5.73 Å². The molecule has 0 unspecified atom stereocenters. The zero-order chi connectivity index (χ0) is 14.7. The summed E-state index contributed by atoms with van der Waals surface area (Å²) >= 11 is 1.37. The first-order valence-corrected chi connectivity index (χ1v) is 7.37. The minimum atomic E-state index is -0.0334. The Morgan fingerprint density at radius 2 is 2.35 bits per heavy atom. The summed E-state index contributed by atoms with van der Waals surface area (Å²) < 4.78 is 0. The minimum Gasteiger partial charge on any atom is -0.397 e. The number of hydrogen-bond donors (Lipinski definition) is 1. The van der Waals surface area contributed by atoms with E-state index >= 15 is 0 Å². The Morgan fingerprint density at radius 3 is 3.00 bits per heavy atom. The van der Waals surface area contributed by atoms with Crippen LogP contribution >= 0.6 is 11.3 Å². The van der Waals surface area contributed by atoms with Crippen molar-refractivity contribution in [3.8, 4) is 0 Å². The molecule has 0 aliphatic heterocycles. The highest BCUT2D eigenvalue weighted by Crippen LogP contribution is 2.34. The Hall–Kier alpha value is -1.88. The highest BCUT2D eigenvalue weighted by Gasteiger charge is 2.20. The summed E-state index contributed by atoms with van der Waals surface area (Å²) in [6.45, 7) is 6.36. The van der Waals surface area contributed by atoms with Crippen LogP contribution in [-0.2, 0) is 0 Å². The van der Waals surface area contributed by atoms with Gasteiger partial charge in [0.25, 0.3) is 5.91 Å². The Balaban J connectivity index is 2.28. The van der Waals surface area contributed by atoms with E-state index in [4.69, 9.17) is 5.73 Å². The number of anilines is 1. The topological polar surface area (TPSA) is 59.2 Å². The van der Waals surface area contributed by atoms with Crippen molar-refractivity contribution >= 4 is 33.1 Å². The summed E-state index contributed by atoms with van der Waals surface area (Å²) in [6.07, 6.45) is 5.42. The Bertz CT molecular complexity index is 648. The lowest BCUT2D eigenvalue weighted by atomic mass is 10.1. The van der Waals surface area contributed by atoms with Gasteiger partial charge in [-0.15, -0.1) is 17.9 Å². The molecule has 106 valence electrons. The molecule has 2 N–H and O–H groups in total. The van der Waals surface area contributed by atoms with Crippen molar-refractivity contribution in [2.75, 3.05) is 19.3 Å². The molecular weight excluding hydrogens is 270 g/mol. The van der Waals surface area contributed by atoms with Gasteiger partial charge < -0.3 is 10.6 Å². The molecule has 0 aromatic carbocycles. The molecule has 0 aliphatic rings. The molecular formula is C15H19N3OS. The van der Waals surface area contributed by atoms with E-state index in [2.05, 4.69) is 11.6 Å². The van der Waals surface area contributed by atoms with Gasteiger partial charge in [-0.2, -0.15) is 0 Å².